The van der Waals surface area contributed by atoms with Gasteiger partial charge in [0.25, 0.3) is 0 Å². The SMILES string of the molecule is C.ClCCl.S. The molecule has 5 heavy (non-hydrogen) atoms. The molecule has 0 saturated heterocycles. The molecule has 0 heterocycles. The Bertz CT molecular complexity index is 7.61. The Morgan fingerprint density at radius 2 is 1.20 bits per heavy atom. The maximum atomic E-state index is 4.76. The second-order valence-corrected chi connectivity index (χ2v) is 0.909. The van der Waals surface area contributed by atoms with Gasteiger partial charge in [0.1, 0.15) is 0 Å². The first-order chi connectivity index (χ1) is 1.41. The molecule has 0 aromatic carbocycles. The van der Waals surface area contributed by atoms with Crippen LogP contribution in [0.3, 0.4) is 0 Å². The van der Waals surface area contributed by atoms with Crippen LogP contribution < -0.4 is 0 Å². The normalized spacial score (nSPS) is 3.60. The van der Waals surface area contributed by atoms with E-state index >= 15 is 0 Å². The lowest BCUT2D eigenvalue weighted by molar-refractivity contribution is 2.20. The van der Waals surface area contributed by atoms with Crippen LogP contribution in [0.2, 0.25) is 0 Å². The highest BCUT2D eigenvalue weighted by Gasteiger charge is 1.41. The largest absolute Gasteiger partial charge is 0.197 e. The van der Waals surface area contributed by atoms with Crippen molar-refractivity contribution in [1.82, 2.24) is 0 Å². The molecule has 0 radical (unpaired) electrons. The summed E-state index contributed by atoms with van der Waals surface area (Å²) in [6, 6.07) is 0. The lowest BCUT2D eigenvalue weighted by Gasteiger charge is -1.42. The van der Waals surface area contributed by atoms with Gasteiger partial charge in [-0.05, 0) is 0 Å². The summed E-state index contributed by atoms with van der Waals surface area (Å²) in [5.74, 6) is 0. The molecule has 0 saturated carbocycles. The van der Waals surface area contributed by atoms with Crippen LogP contribution in [0.15, 0.2) is 0 Å². The highest BCUT2D eigenvalue weighted by molar-refractivity contribution is 7.59. The van der Waals surface area contributed by atoms with Crippen molar-refractivity contribution in [2.24, 2.45) is 0 Å². The van der Waals surface area contributed by atoms with Gasteiger partial charge in [-0.1, -0.05) is 7.43 Å². The minimum Gasteiger partial charge on any atom is -0.197 e. The van der Waals surface area contributed by atoms with E-state index in [4.69, 9.17) is 23.2 Å². The third kappa shape index (κ3) is 48.9. The quantitative estimate of drug-likeness (QED) is 0.446. The molecule has 0 amide bonds. The van der Waals surface area contributed by atoms with Gasteiger partial charge < -0.3 is 0 Å². The highest BCUT2D eigenvalue weighted by Crippen LogP contribution is 1.73. The first kappa shape index (κ1) is 16.8. The lowest BCUT2D eigenvalue weighted by Crippen LogP contribution is -1.24. The fraction of sp³-hybridized carbons (Fsp3) is 1.00. The molecule has 0 aliphatic rings. The number of hydrogen-bond donors (Lipinski definition) is 0. The molecule has 0 atom stereocenters. The molecular weight excluding hydrogens is 127 g/mol. The maximum Gasteiger partial charge on any atom is 0.0967 e. The molecule has 0 fully saturated rings. The predicted octanol–water partition coefficient (Wildman–Crippen LogP) is 2.17. The van der Waals surface area contributed by atoms with Crippen LogP contribution in [0.5, 0.6) is 0 Å². The summed E-state index contributed by atoms with van der Waals surface area (Å²) in [5.41, 5.74) is 0. The van der Waals surface area contributed by atoms with Gasteiger partial charge in [-0.3, -0.25) is 0 Å². The number of hydrogen-bond acceptors (Lipinski definition) is 0. The molecule has 0 aliphatic heterocycles. The second kappa shape index (κ2) is 20.4. The number of halogens is 2. The molecule has 0 unspecified atom stereocenters. The van der Waals surface area contributed by atoms with E-state index in [1.165, 1.54) is 0 Å². The third-order valence-corrected chi connectivity index (χ3v) is 0. The molecule has 0 N–H and O–H groups in total. The van der Waals surface area contributed by atoms with Crippen molar-refractivity contribution >= 4 is 36.7 Å². The maximum absolute atomic E-state index is 4.76. The molecule has 0 rings (SSSR count). The first-order valence-electron chi connectivity index (χ1n) is 0.535. The Kier molecular flexibility index (Phi) is 68.6. The average Bonchev–Trinajstić information content (AvgIpc) is 0.918. The number of alkyl halides is 2. The van der Waals surface area contributed by atoms with Gasteiger partial charge in [0.05, 0.1) is 5.34 Å². The topological polar surface area (TPSA) is 0 Å². The van der Waals surface area contributed by atoms with Crippen LogP contribution in [-0.2, 0) is 0 Å². The fourth-order valence-electron chi connectivity index (χ4n) is 0. The zero-order valence-corrected chi connectivity index (χ0v) is 4.47. The molecular formula is C2H8Cl2S. The molecule has 0 aromatic rings. The Hall–Kier alpha value is 0.930. The second-order valence-electron chi connectivity index (χ2n) is 0.101. The Morgan fingerprint density at radius 1 is 1.20 bits per heavy atom. The summed E-state index contributed by atoms with van der Waals surface area (Å²) in [6.45, 7) is 0. The Labute approximate surface area is 49.9 Å². The van der Waals surface area contributed by atoms with Gasteiger partial charge in [-0.15, -0.1) is 23.2 Å². The van der Waals surface area contributed by atoms with Crippen molar-refractivity contribution in [3.05, 3.63) is 0 Å². The van der Waals surface area contributed by atoms with Gasteiger partial charge in [0, 0.05) is 0 Å². The van der Waals surface area contributed by atoms with Gasteiger partial charge in [-0.25, -0.2) is 0 Å². The molecule has 0 aliphatic carbocycles. The van der Waals surface area contributed by atoms with Gasteiger partial charge >= 0.3 is 0 Å². The molecule has 0 aromatic heterocycles. The van der Waals surface area contributed by atoms with Crippen LogP contribution in [-0.4, -0.2) is 5.34 Å². The highest BCUT2D eigenvalue weighted by atomic mass is 35.5. The lowest BCUT2D eigenvalue weighted by atomic mass is 11.9. The van der Waals surface area contributed by atoms with Gasteiger partial charge in [-0.2, -0.15) is 13.5 Å². The van der Waals surface area contributed by atoms with Crippen LogP contribution in [0.25, 0.3) is 0 Å². The van der Waals surface area contributed by atoms with Crippen molar-refractivity contribution in [3.63, 3.8) is 0 Å². The Balaban J connectivity index is -0.0000000200. The van der Waals surface area contributed by atoms with Crippen molar-refractivity contribution in [3.8, 4) is 0 Å². The zero-order chi connectivity index (χ0) is 2.71. The Morgan fingerprint density at radius 3 is 1.20 bits per heavy atom. The van der Waals surface area contributed by atoms with E-state index in [1.807, 2.05) is 0 Å². The van der Waals surface area contributed by atoms with E-state index in [-0.39, 0.29) is 26.3 Å². The minimum atomic E-state index is 0. The van der Waals surface area contributed by atoms with E-state index in [1.54, 1.807) is 0 Å². The fourth-order valence-corrected chi connectivity index (χ4v) is 0. The van der Waals surface area contributed by atoms with Crippen LogP contribution in [0.4, 0.5) is 0 Å². The molecule has 0 spiro atoms. The third-order valence-electron chi connectivity index (χ3n) is 0. The summed E-state index contributed by atoms with van der Waals surface area (Å²) in [5, 5.41) is 0.194. The average molecular weight is 135 g/mol. The zero-order valence-electron chi connectivity index (χ0n) is 1.96. The summed E-state index contributed by atoms with van der Waals surface area (Å²) < 4.78 is 0. The smallest absolute Gasteiger partial charge is 0.0967 e. The van der Waals surface area contributed by atoms with E-state index in [0.29, 0.717) is 0 Å². The van der Waals surface area contributed by atoms with E-state index in [0.717, 1.165) is 0 Å². The van der Waals surface area contributed by atoms with Crippen LogP contribution >= 0.6 is 36.7 Å². The number of rotatable bonds is 0. The molecule has 0 bridgehead atoms. The van der Waals surface area contributed by atoms with Crippen molar-refractivity contribution in [1.29, 1.82) is 0 Å². The summed E-state index contributed by atoms with van der Waals surface area (Å²) in [6.07, 6.45) is 0. The van der Waals surface area contributed by atoms with Crippen molar-refractivity contribution in [2.75, 3.05) is 5.34 Å². The summed E-state index contributed by atoms with van der Waals surface area (Å²) in [7, 11) is 0. The van der Waals surface area contributed by atoms with E-state index in [2.05, 4.69) is 0 Å². The summed E-state index contributed by atoms with van der Waals surface area (Å²) in [4.78, 5) is 0. The van der Waals surface area contributed by atoms with Crippen LogP contribution in [0.1, 0.15) is 7.43 Å². The van der Waals surface area contributed by atoms with Crippen LogP contribution in [0, 0.1) is 0 Å². The van der Waals surface area contributed by atoms with Gasteiger partial charge in [0.15, 0.2) is 0 Å². The minimum absolute atomic E-state index is 0. The predicted molar refractivity (Wildman–Crippen MR) is 33.7 cm³/mol. The van der Waals surface area contributed by atoms with E-state index < -0.39 is 0 Å². The first-order valence-corrected chi connectivity index (χ1v) is 1.60. The van der Waals surface area contributed by atoms with Crippen molar-refractivity contribution in [2.45, 2.75) is 7.43 Å². The molecule has 36 valence electrons. The molecule has 3 heteroatoms. The van der Waals surface area contributed by atoms with Gasteiger partial charge in [0.2, 0.25) is 0 Å². The molecule has 0 nitrogen and oxygen atoms in total. The standard InChI is InChI=1S/CH2Cl2.CH4.H2S/c2-1-3;;/h1H2;1H4;1H2. The van der Waals surface area contributed by atoms with Crippen molar-refractivity contribution < 1.29 is 0 Å². The van der Waals surface area contributed by atoms with E-state index in [9.17, 15) is 0 Å². The monoisotopic (exact) mass is 134 g/mol. The summed E-state index contributed by atoms with van der Waals surface area (Å²) >= 11 is 9.53.